The summed E-state index contributed by atoms with van der Waals surface area (Å²) in [6, 6.07) is 16.0. The van der Waals surface area contributed by atoms with Gasteiger partial charge in [-0.1, -0.05) is 58.5 Å². The molecule has 8 heteroatoms. The molecule has 3 aromatic rings. The number of anilines is 1. The summed E-state index contributed by atoms with van der Waals surface area (Å²) in [6.07, 6.45) is 3.65. The van der Waals surface area contributed by atoms with Crippen LogP contribution in [0.2, 0.25) is 0 Å². The smallest absolute Gasteiger partial charge is 0.293 e. The van der Waals surface area contributed by atoms with Gasteiger partial charge in [-0.3, -0.25) is 9.78 Å². The van der Waals surface area contributed by atoms with Crippen LogP contribution in [0.4, 0.5) is 14.5 Å². The summed E-state index contributed by atoms with van der Waals surface area (Å²) in [4.78, 5) is 18.4. The van der Waals surface area contributed by atoms with Gasteiger partial charge < -0.3 is 14.6 Å². The molecule has 1 aromatic heterocycles. The predicted octanol–water partition coefficient (Wildman–Crippen LogP) is 9.11. The molecule has 1 fully saturated rings. The van der Waals surface area contributed by atoms with Crippen molar-refractivity contribution in [2.75, 3.05) is 31.1 Å². The van der Waals surface area contributed by atoms with Crippen LogP contribution in [0.15, 0.2) is 67.0 Å². The lowest BCUT2D eigenvalue weighted by molar-refractivity contribution is -0.131. The SMILES string of the molecule is C=C(CCc1cc(-c2ccc3c(c2)C(CC(C)(C)COC=O)C(c2cccnc2C(C)C)N3CC)cc(C(F)F)c1)N1CCCCN1. The van der Waals surface area contributed by atoms with Crippen LogP contribution in [-0.4, -0.2) is 42.7 Å². The fraction of sp³-hybridized carbons (Fsp3) is 0.487. The third kappa shape index (κ3) is 7.86. The Bertz CT molecular complexity index is 1550. The second-order valence-corrected chi connectivity index (χ2v) is 14.1. The summed E-state index contributed by atoms with van der Waals surface area (Å²) in [6.45, 7) is 18.5. The number of nitrogens with zero attached hydrogens (tertiary/aromatic N) is 3. The van der Waals surface area contributed by atoms with Crippen LogP contribution in [0.3, 0.4) is 0 Å². The first kappa shape index (κ1) is 34.6. The lowest BCUT2D eigenvalue weighted by atomic mass is 9.76. The number of halogens is 2. The van der Waals surface area contributed by atoms with E-state index in [1.807, 2.05) is 12.3 Å². The molecule has 0 aliphatic carbocycles. The number of carbonyl (C=O) groups excluding carboxylic acids is 1. The van der Waals surface area contributed by atoms with Crippen molar-refractivity contribution in [3.8, 4) is 11.1 Å². The maximum absolute atomic E-state index is 14.3. The summed E-state index contributed by atoms with van der Waals surface area (Å²) in [5, 5.41) is 2.10. The summed E-state index contributed by atoms with van der Waals surface area (Å²) in [5.74, 6) is 0.309. The minimum absolute atomic E-state index is 0.0317. The monoisotopic (exact) mass is 644 g/mol. The van der Waals surface area contributed by atoms with Crippen molar-refractivity contribution in [1.82, 2.24) is 15.4 Å². The van der Waals surface area contributed by atoms with Crippen LogP contribution < -0.4 is 10.3 Å². The summed E-state index contributed by atoms with van der Waals surface area (Å²) >= 11 is 0. The van der Waals surface area contributed by atoms with Crippen molar-refractivity contribution < 1.29 is 18.3 Å². The highest BCUT2D eigenvalue weighted by atomic mass is 19.3. The van der Waals surface area contributed by atoms with Gasteiger partial charge in [-0.15, -0.1) is 0 Å². The highest BCUT2D eigenvalue weighted by Gasteiger charge is 2.43. The second kappa shape index (κ2) is 15.0. The fourth-order valence-corrected chi connectivity index (χ4v) is 7.42. The molecule has 252 valence electrons. The van der Waals surface area contributed by atoms with E-state index in [0.717, 1.165) is 72.7 Å². The quantitative estimate of drug-likeness (QED) is 0.177. The number of alkyl halides is 2. The standard InChI is InChI=1S/C39H50F2N4O2/c1-7-44-35-15-14-29(30-19-28(20-31(21-30)38(40)41)13-12-27(4)45-18-9-8-17-43-45)22-33(35)34(23-39(5,6)24-47-25-46)37(44)32-11-10-16-42-36(32)26(2)3/h10-11,14-16,19-22,25-26,34,37-38,43H,4,7-9,12-13,17-18,23-24H2,1-3,5-6H3. The Morgan fingerprint density at radius 2 is 1.94 bits per heavy atom. The molecular formula is C39H50F2N4O2. The molecule has 2 aliphatic heterocycles. The molecule has 47 heavy (non-hydrogen) atoms. The normalized spacial score (nSPS) is 18.1. The molecule has 2 aromatic carbocycles. The summed E-state index contributed by atoms with van der Waals surface area (Å²) in [5.41, 5.74) is 11.3. The van der Waals surface area contributed by atoms with Gasteiger partial charge in [0.15, 0.2) is 0 Å². The number of aromatic nitrogens is 1. The number of allylic oxidation sites excluding steroid dienone is 1. The molecule has 0 bridgehead atoms. The van der Waals surface area contributed by atoms with E-state index < -0.39 is 6.43 Å². The number of fused-ring (bicyclic) bond motifs is 1. The first-order chi connectivity index (χ1) is 22.5. The van der Waals surface area contributed by atoms with E-state index in [4.69, 9.17) is 9.72 Å². The maximum atomic E-state index is 14.3. The lowest BCUT2D eigenvalue weighted by Crippen LogP contribution is -2.42. The third-order valence-electron chi connectivity index (χ3n) is 9.64. The number of likely N-dealkylation sites (N-methyl/N-ethyl adjacent to an activating group) is 1. The number of ether oxygens (including phenoxy) is 1. The Morgan fingerprint density at radius 3 is 2.62 bits per heavy atom. The van der Waals surface area contributed by atoms with Crippen molar-refractivity contribution in [2.24, 2.45) is 5.41 Å². The first-order valence-electron chi connectivity index (χ1n) is 17.0. The Kier molecular flexibility index (Phi) is 11.0. The zero-order valence-electron chi connectivity index (χ0n) is 28.6. The van der Waals surface area contributed by atoms with E-state index in [1.165, 1.54) is 11.1 Å². The molecule has 1 saturated heterocycles. The van der Waals surface area contributed by atoms with Gasteiger partial charge in [0, 0.05) is 54.4 Å². The van der Waals surface area contributed by atoms with Gasteiger partial charge in [-0.25, -0.2) is 14.2 Å². The molecule has 2 unspecified atom stereocenters. The van der Waals surface area contributed by atoms with Crippen molar-refractivity contribution in [3.05, 3.63) is 95.0 Å². The van der Waals surface area contributed by atoms with E-state index in [2.05, 4.69) is 86.9 Å². The van der Waals surface area contributed by atoms with Gasteiger partial charge in [0.1, 0.15) is 0 Å². The number of carbonyl (C=O) groups is 1. The highest BCUT2D eigenvalue weighted by molar-refractivity contribution is 5.74. The van der Waals surface area contributed by atoms with E-state index in [9.17, 15) is 13.6 Å². The molecule has 2 atom stereocenters. The Hall–Kier alpha value is -3.78. The van der Waals surface area contributed by atoms with Crippen molar-refractivity contribution in [2.45, 2.75) is 91.0 Å². The van der Waals surface area contributed by atoms with Crippen LogP contribution in [0, 0.1) is 5.41 Å². The third-order valence-corrected chi connectivity index (χ3v) is 9.64. The minimum Gasteiger partial charge on any atom is -0.467 e. The molecule has 3 heterocycles. The van der Waals surface area contributed by atoms with Crippen LogP contribution >= 0.6 is 0 Å². The largest absolute Gasteiger partial charge is 0.467 e. The zero-order valence-corrected chi connectivity index (χ0v) is 28.6. The Labute approximate surface area is 279 Å². The minimum atomic E-state index is -2.57. The van der Waals surface area contributed by atoms with Gasteiger partial charge in [0.05, 0.1) is 12.6 Å². The molecule has 2 aliphatic rings. The van der Waals surface area contributed by atoms with E-state index in [1.54, 1.807) is 12.1 Å². The van der Waals surface area contributed by atoms with Crippen LogP contribution in [0.5, 0.6) is 0 Å². The van der Waals surface area contributed by atoms with Crippen molar-refractivity contribution in [1.29, 1.82) is 0 Å². The number of benzene rings is 2. The van der Waals surface area contributed by atoms with E-state index >= 15 is 0 Å². The second-order valence-electron chi connectivity index (χ2n) is 14.1. The Morgan fingerprint density at radius 1 is 1.13 bits per heavy atom. The van der Waals surface area contributed by atoms with Crippen LogP contribution in [0.1, 0.15) is 113 Å². The maximum Gasteiger partial charge on any atom is 0.293 e. The van der Waals surface area contributed by atoms with Gasteiger partial charge in [-0.2, -0.15) is 0 Å². The number of rotatable bonds is 14. The molecule has 0 saturated carbocycles. The summed E-state index contributed by atoms with van der Waals surface area (Å²) < 4.78 is 33.8. The van der Waals surface area contributed by atoms with Crippen LogP contribution in [0.25, 0.3) is 11.1 Å². The molecule has 5 rings (SSSR count). The topological polar surface area (TPSA) is 57.7 Å². The predicted molar refractivity (Wildman–Crippen MR) is 185 cm³/mol. The number of nitrogens with one attached hydrogen (secondary N) is 1. The van der Waals surface area contributed by atoms with Gasteiger partial charge in [0.25, 0.3) is 12.9 Å². The fourth-order valence-electron chi connectivity index (χ4n) is 7.42. The van der Waals surface area contributed by atoms with Gasteiger partial charge >= 0.3 is 0 Å². The number of aryl methyl sites for hydroxylation is 1. The number of hydrogen-bond acceptors (Lipinski definition) is 6. The summed E-state index contributed by atoms with van der Waals surface area (Å²) in [7, 11) is 0. The molecular weight excluding hydrogens is 594 g/mol. The van der Waals surface area contributed by atoms with Crippen LogP contribution in [-0.2, 0) is 16.0 Å². The molecule has 6 nitrogen and oxygen atoms in total. The number of hydrogen-bond donors (Lipinski definition) is 1. The Balaban J connectivity index is 1.55. The number of hydrazine groups is 1. The molecule has 1 N–H and O–H groups in total. The van der Waals surface area contributed by atoms with Gasteiger partial charge in [0.2, 0.25) is 0 Å². The van der Waals surface area contributed by atoms with Crippen molar-refractivity contribution >= 4 is 12.2 Å². The number of pyridine rings is 1. The van der Waals surface area contributed by atoms with Crippen molar-refractivity contribution in [3.63, 3.8) is 0 Å². The molecule has 0 spiro atoms. The van der Waals surface area contributed by atoms with E-state index in [-0.39, 0.29) is 28.9 Å². The highest BCUT2D eigenvalue weighted by Crippen LogP contribution is 2.54. The first-order valence-corrected chi connectivity index (χ1v) is 17.0. The van der Waals surface area contributed by atoms with Gasteiger partial charge in [-0.05, 0) is 102 Å². The van der Waals surface area contributed by atoms with E-state index in [0.29, 0.717) is 25.9 Å². The molecule has 0 amide bonds. The zero-order chi connectivity index (χ0) is 33.7. The molecule has 0 radical (unpaired) electrons. The lowest BCUT2D eigenvalue weighted by Gasteiger charge is -2.35. The average molecular weight is 645 g/mol. The average Bonchev–Trinajstić information content (AvgIpc) is 3.37.